The number of furan rings is 1. The van der Waals surface area contributed by atoms with Crippen LogP contribution < -0.4 is 5.73 Å². The van der Waals surface area contributed by atoms with E-state index in [4.69, 9.17) is 10.2 Å². The summed E-state index contributed by atoms with van der Waals surface area (Å²) in [5.74, 6) is -0.0358. The van der Waals surface area contributed by atoms with Crippen LogP contribution in [0.15, 0.2) is 28.9 Å². The zero-order valence-electron chi connectivity index (χ0n) is 10.0. The lowest BCUT2D eigenvalue weighted by molar-refractivity contribution is -0.130. The SMILES string of the molecule is NC(=O)C1CCCN(C(=O)C=Cc2ccco2)C1. The lowest BCUT2D eigenvalue weighted by Crippen LogP contribution is -2.43. The highest BCUT2D eigenvalue weighted by Crippen LogP contribution is 2.16. The molecule has 1 aliphatic rings. The summed E-state index contributed by atoms with van der Waals surface area (Å²) in [6, 6.07) is 3.53. The molecule has 2 amide bonds. The quantitative estimate of drug-likeness (QED) is 0.811. The van der Waals surface area contributed by atoms with E-state index in [1.807, 2.05) is 0 Å². The predicted molar refractivity (Wildman–Crippen MR) is 66.2 cm³/mol. The molecule has 0 bridgehead atoms. The number of nitrogens with two attached hydrogens (primary N) is 1. The summed E-state index contributed by atoms with van der Waals surface area (Å²) in [6.07, 6.45) is 6.21. The minimum Gasteiger partial charge on any atom is -0.465 e. The average molecular weight is 248 g/mol. The van der Waals surface area contributed by atoms with Crippen molar-refractivity contribution in [2.45, 2.75) is 12.8 Å². The molecule has 2 heterocycles. The molecule has 0 radical (unpaired) electrons. The van der Waals surface area contributed by atoms with Gasteiger partial charge in [-0.2, -0.15) is 0 Å². The molecule has 1 atom stereocenters. The lowest BCUT2D eigenvalue weighted by atomic mass is 9.97. The van der Waals surface area contributed by atoms with Gasteiger partial charge in [0.15, 0.2) is 0 Å². The van der Waals surface area contributed by atoms with E-state index in [-0.39, 0.29) is 17.7 Å². The van der Waals surface area contributed by atoms with Crippen molar-refractivity contribution in [1.29, 1.82) is 0 Å². The number of carbonyl (C=O) groups excluding carboxylic acids is 2. The number of amides is 2. The summed E-state index contributed by atoms with van der Waals surface area (Å²) in [6.45, 7) is 1.09. The first-order chi connectivity index (χ1) is 8.66. The van der Waals surface area contributed by atoms with Crippen molar-refractivity contribution in [2.24, 2.45) is 11.7 Å². The summed E-state index contributed by atoms with van der Waals surface area (Å²) < 4.78 is 5.10. The zero-order chi connectivity index (χ0) is 13.0. The maximum atomic E-state index is 11.9. The van der Waals surface area contributed by atoms with E-state index in [1.54, 1.807) is 29.4 Å². The third-order valence-corrected chi connectivity index (χ3v) is 3.07. The second-order valence-electron chi connectivity index (χ2n) is 4.37. The maximum Gasteiger partial charge on any atom is 0.246 e. The third kappa shape index (κ3) is 3.00. The van der Waals surface area contributed by atoms with Crippen molar-refractivity contribution >= 4 is 17.9 Å². The number of carbonyl (C=O) groups is 2. The highest BCUT2D eigenvalue weighted by Gasteiger charge is 2.25. The van der Waals surface area contributed by atoms with E-state index in [0.29, 0.717) is 18.8 Å². The van der Waals surface area contributed by atoms with Gasteiger partial charge < -0.3 is 15.1 Å². The van der Waals surface area contributed by atoms with E-state index in [9.17, 15) is 9.59 Å². The molecule has 0 saturated carbocycles. The normalized spacial score (nSPS) is 20.2. The summed E-state index contributed by atoms with van der Waals surface area (Å²) in [4.78, 5) is 24.7. The first-order valence-electron chi connectivity index (χ1n) is 5.96. The van der Waals surface area contributed by atoms with Gasteiger partial charge in [0.1, 0.15) is 5.76 Å². The van der Waals surface area contributed by atoms with Gasteiger partial charge in [-0.25, -0.2) is 0 Å². The Morgan fingerprint density at radius 1 is 1.50 bits per heavy atom. The Kier molecular flexibility index (Phi) is 3.82. The van der Waals surface area contributed by atoms with Crippen molar-refractivity contribution in [3.05, 3.63) is 30.2 Å². The highest BCUT2D eigenvalue weighted by molar-refractivity contribution is 5.92. The third-order valence-electron chi connectivity index (χ3n) is 3.07. The Labute approximate surface area is 105 Å². The number of rotatable bonds is 3. The van der Waals surface area contributed by atoms with Crippen LogP contribution >= 0.6 is 0 Å². The number of nitrogens with zero attached hydrogens (tertiary/aromatic N) is 1. The van der Waals surface area contributed by atoms with Crippen LogP contribution in [0.4, 0.5) is 0 Å². The molecule has 18 heavy (non-hydrogen) atoms. The van der Waals surface area contributed by atoms with Gasteiger partial charge in [-0.05, 0) is 31.1 Å². The fourth-order valence-electron chi connectivity index (χ4n) is 2.05. The van der Waals surface area contributed by atoms with E-state index in [1.165, 1.54) is 6.08 Å². The van der Waals surface area contributed by atoms with Gasteiger partial charge in [0.05, 0.1) is 12.2 Å². The van der Waals surface area contributed by atoms with Gasteiger partial charge in [-0.3, -0.25) is 9.59 Å². The van der Waals surface area contributed by atoms with Gasteiger partial charge in [0, 0.05) is 19.2 Å². The van der Waals surface area contributed by atoms with Crippen LogP contribution in [0, 0.1) is 5.92 Å². The zero-order valence-corrected chi connectivity index (χ0v) is 10.0. The first kappa shape index (κ1) is 12.4. The lowest BCUT2D eigenvalue weighted by Gasteiger charge is -2.30. The Morgan fingerprint density at radius 3 is 3.00 bits per heavy atom. The molecule has 1 aromatic rings. The molecule has 96 valence electrons. The van der Waals surface area contributed by atoms with Gasteiger partial charge in [-0.1, -0.05) is 0 Å². The average Bonchev–Trinajstić information content (AvgIpc) is 2.89. The molecule has 2 N–H and O–H groups in total. The molecule has 1 aromatic heterocycles. The molecule has 0 aromatic carbocycles. The van der Waals surface area contributed by atoms with Crippen molar-refractivity contribution in [2.75, 3.05) is 13.1 Å². The number of piperidine rings is 1. The fraction of sp³-hybridized carbons (Fsp3) is 0.385. The molecular weight excluding hydrogens is 232 g/mol. The van der Waals surface area contributed by atoms with Crippen LogP contribution in [0.25, 0.3) is 6.08 Å². The predicted octanol–water partition coefficient (Wildman–Crippen LogP) is 1.02. The second-order valence-corrected chi connectivity index (χ2v) is 4.37. The van der Waals surface area contributed by atoms with Crippen LogP contribution in [0.5, 0.6) is 0 Å². The minimum atomic E-state index is -0.331. The van der Waals surface area contributed by atoms with Gasteiger partial charge >= 0.3 is 0 Å². The Morgan fingerprint density at radius 2 is 2.33 bits per heavy atom. The van der Waals surface area contributed by atoms with Crippen LogP contribution in [-0.2, 0) is 9.59 Å². The van der Waals surface area contributed by atoms with Crippen LogP contribution in [0.2, 0.25) is 0 Å². The smallest absolute Gasteiger partial charge is 0.246 e. The van der Waals surface area contributed by atoms with Gasteiger partial charge in [0.25, 0.3) is 0 Å². The maximum absolute atomic E-state index is 11.9. The largest absolute Gasteiger partial charge is 0.465 e. The fourth-order valence-corrected chi connectivity index (χ4v) is 2.05. The van der Waals surface area contributed by atoms with E-state index >= 15 is 0 Å². The molecular formula is C13H16N2O3. The summed E-state index contributed by atoms with van der Waals surface area (Å²) >= 11 is 0. The number of hydrogen-bond acceptors (Lipinski definition) is 3. The Hall–Kier alpha value is -2.04. The van der Waals surface area contributed by atoms with E-state index in [2.05, 4.69) is 0 Å². The van der Waals surface area contributed by atoms with E-state index < -0.39 is 0 Å². The molecule has 1 fully saturated rings. The van der Waals surface area contributed by atoms with E-state index in [0.717, 1.165) is 12.8 Å². The van der Waals surface area contributed by atoms with Crippen LogP contribution in [-0.4, -0.2) is 29.8 Å². The second kappa shape index (κ2) is 5.53. The standard InChI is InChI=1S/C13H16N2O3/c14-13(17)10-3-1-7-15(9-10)12(16)6-5-11-4-2-8-18-11/h2,4-6,8,10H,1,3,7,9H2,(H2,14,17). The summed E-state index contributed by atoms with van der Waals surface area (Å²) in [5.41, 5.74) is 5.27. The summed E-state index contributed by atoms with van der Waals surface area (Å²) in [7, 11) is 0. The van der Waals surface area contributed by atoms with Gasteiger partial charge in [0.2, 0.25) is 11.8 Å². The van der Waals surface area contributed by atoms with Crippen molar-refractivity contribution in [3.63, 3.8) is 0 Å². The molecule has 0 aliphatic carbocycles. The van der Waals surface area contributed by atoms with Crippen LogP contribution in [0.1, 0.15) is 18.6 Å². The number of primary amides is 1. The van der Waals surface area contributed by atoms with Gasteiger partial charge in [-0.15, -0.1) is 0 Å². The molecule has 0 spiro atoms. The Bertz CT molecular complexity index is 451. The first-order valence-corrected chi connectivity index (χ1v) is 5.96. The van der Waals surface area contributed by atoms with Crippen molar-refractivity contribution in [3.8, 4) is 0 Å². The molecule has 1 unspecified atom stereocenters. The van der Waals surface area contributed by atoms with Crippen molar-refractivity contribution < 1.29 is 14.0 Å². The molecule has 5 nitrogen and oxygen atoms in total. The van der Waals surface area contributed by atoms with Crippen molar-refractivity contribution in [1.82, 2.24) is 4.90 Å². The number of likely N-dealkylation sites (tertiary alicyclic amines) is 1. The summed E-state index contributed by atoms with van der Waals surface area (Å²) in [5, 5.41) is 0. The number of hydrogen-bond donors (Lipinski definition) is 1. The molecule has 1 aliphatic heterocycles. The molecule has 5 heteroatoms. The minimum absolute atomic E-state index is 0.114. The van der Waals surface area contributed by atoms with Crippen LogP contribution in [0.3, 0.4) is 0 Å². The molecule has 2 rings (SSSR count). The monoisotopic (exact) mass is 248 g/mol. The highest BCUT2D eigenvalue weighted by atomic mass is 16.3. The molecule has 1 saturated heterocycles. The Balaban J connectivity index is 1.94. The topological polar surface area (TPSA) is 76.5 Å².